The van der Waals surface area contributed by atoms with E-state index in [1.54, 1.807) is 7.11 Å². The molecule has 0 amide bonds. The molecule has 0 aromatic heterocycles. The molecule has 1 aliphatic rings. The summed E-state index contributed by atoms with van der Waals surface area (Å²) in [4.78, 5) is 0. The van der Waals surface area contributed by atoms with Crippen LogP contribution in [0.15, 0.2) is 18.2 Å². The molecule has 3 unspecified atom stereocenters. The summed E-state index contributed by atoms with van der Waals surface area (Å²) in [5.74, 6) is 1.32. The number of aliphatic hydroxyl groups excluding tert-OH is 1. The highest BCUT2D eigenvalue weighted by molar-refractivity contribution is 5.58. The van der Waals surface area contributed by atoms with Crippen molar-refractivity contribution < 1.29 is 9.84 Å². The van der Waals surface area contributed by atoms with E-state index in [0.29, 0.717) is 5.92 Å². The molecule has 1 heterocycles. The van der Waals surface area contributed by atoms with Crippen LogP contribution in [0.2, 0.25) is 0 Å². The highest BCUT2D eigenvalue weighted by Gasteiger charge is 2.29. The highest BCUT2D eigenvalue weighted by Crippen LogP contribution is 2.31. The van der Waals surface area contributed by atoms with Gasteiger partial charge in [0.15, 0.2) is 0 Å². The second kappa shape index (κ2) is 4.96. The Morgan fingerprint density at radius 2 is 2.29 bits per heavy atom. The van der Waals surface area contributed by atoms with Crippen molar-refractivity contribution in [1.82, 2.24) is 0 Å². The summed E-state index contributed by atoms with van der Waals surface area (Å²) >= 11 is 0. The molecule has 2 rings (SSSR count). The third-order valence-corrected chi connectivity index (χ3v) is 3.74. The van der Waals surface area contributed by atoms with Gasteiger partial charge in [-0.25, -0.2) is 0 Å². The topological polar surface area (TPSA) is 41.5 Å². The molecule has 0 saturated carbocycles. The van der Waals surface area contributed by atoms with Crippen LogP contribution in [-0.2, 0) is 6.42 Å². The molecule has 1 aromatic carbocycles. The second-order valence-electron chi connectivity index (χ2n) is 4.85. The van der Waals surface area contributed by atoms with Crippen molar-refractivity contribution in [1.29, 1.82) is 0 Å². The van der Waals surface area contributed by atoms with Gasteiger partial charge >= 0.3 is 0 Å². The number of benzene rings is 1. The quantitative estimate of drug-likeness (QED) is 0.845. The molecule has 3 atom stereocenters. The number of fused-ring (bicyclic) bond motifs is 1. The molecule has 0 saturated heterocycles. The summed E-state index contributed by atoms with van der Waals surface area (Å²) in [7, 11) is 1.67. The fourth-order valence-corrected chi connectivity index (χ4v) is 2.40. The van der Waals surface area contributed by atoms with E-state index in [2.05, 4.69) is 19.2 Å². The summed E-state index contributed by atoms with van der Waals surface area (Å²) in [6.07, 6.45) is 1.49. The highest BCUT2D eigenvalue weighted by atomic mass is 16.5. The van der Waals surface area contributed by atoms with Gasteiger partial charge in [0, 0.05) is 18.2 Å². The first-order chi connectivity index (χ1) is 8.15. The lowest BCUT2D eigenvalue weighted by molar-refractivity contribution is 0.124. The van der Waals surface area contributed by atoms with Crippen molar-refractivity contribution in [2.45, 2.75) is 38.8 Å². The molecule has 2 N–H and O–H groups in total. The van der Waals surface area contributed by atoms with Crippen LogP contribution in [0, 0.1) is 5.92 Å². The Morgan fingerprint density at radius 3 is 2.94 bits per heavy atom. The van der Waals surface area contributed by atoms with E-state index in [-0.39, 0.29) is 12.1 Å². The van der Waals surface area contributed by atoms with Crippen LogP contribution in [0.1, 0.15) is 25.8 Å². The Morgan fingerprint density at radius 1 is 1.53 bits per heavy atom. The summed E-state index contributed by atoms with van der Waals surface area (Å²) in [6.45, 7) is 4.33. The van der Waals surface area contributed by atoms with Crippen LogP contribution in [0.3, 0.4) is 0 Å². The number of rotatable bonds is 3. The van der Waals surface area contributed by atoms with Crippen molar-refractivity contribution in [2.75, 3.05) is 12.4 Å². The van der Waals surface area contributed by atoms with Gasteiger partial charge in [0.1, 0.15) is 5.75 Å². The van der Waals surface area contributed by atoms with Crippen LogP contribution in [0.25, 0.3) is 0 Å². The molecule has 1 aromatic rings. The molecule has 0 radical (unpaired) electrons. The Balaban J connectivity index is 2.25. The smallest absolute Gasteiger partial charge is 0.120 e. The minimum absolute atomic E-state index is 0.139. The maximum Gasteiger partial charge on any atom is 0.120 e. The summed E-state index contributed by atoms with van der Waals surface area (Å²) in [5, 5.41) is 13.6. The van der Waals surface area contributed by atoms with Crippen LogP contribution in [0.4, 0.5) is 5.69 Å². The Kier molecular flexibility index (Phi) is 3.57. The SMILES string of the molecule is CCC(C)C1Nc2cc(OC)ccc2CC1O. The molecule has 0 fully saturated rings. The van der Waals surface area contributed by atoms with E-state index < -0.39 is 0 Å². The Labute approximate surface area is 103 Å². The molecule has 1 aliphatic heterocycles. The fraction of sp³-hybridized carbons (Fsp3) is 0.571. The molecule has 17 heavy (non-hydrogen) atoms. The first-order valence-corrected chi connectivity index (χ1v) is 6.27. The minimum Gasteiger partial charge on any atom is -0.497 e. The number of hydrogen-bond donors (Lipinski definition) is 2. The van der Waals surface area contributed by atoms with E-state index >= 15 is 0 Å². The molecule has 0 spiro atoms. The third-order valence-electron chi connectivity index (χ3n) is 3.74. The zero-order valence-corrected chi connectivity index (χ0v) is 10.7. The number of methoxy groups -OCH3 is 1. The van der Waals surface area contributed by atoms with Crippen molar-refractivity contribution in [3.63, 3.8) is 0 Å². The van der Waals surface area contributed by atoms with Crippen LogP contribution < -0.4 is 10.1 Å². The van der Waals surface area contributed by atoms with E-state index in [1.807, 2.05) is 18.2 Å². The monoisotopic (exact) mass is 235 g/mol. The predicted octanol–water partition coefficient (Wildman–Crippen LogP) is 2.44. The van der Waals surface area contributed by atoms with Gasteiger partial charge in [-0.1, -0.05) is 26.3 Å². The third kappa shape index (κ3) is 2.39. The normalized spacial score (nSPS) is 24.7. The van der Waals surface area contributed by atoms with Crippen molar-refractivity contribution >= 4 is 5.69 Å². The average molecular weight is 235 g/mol. The lowest BCUT2D eigenvalue weighted by Gasteiger charge is -2.35. The van der Waals surface area contributed by atoms with Crippen molar-refractivity contribution in [3.8, 4) is 5.75 Å². The standard InChI is InChI=1S/C14H21NO2/c1-4-9(2)14-13(16)7-10-5-6-11(17-3)8-12(10)15-14/h5-6,8-9,13-16H,4,7H2,1-3H3. The van der Waals surface area contributed by atoms with E-state index in [4.69, 9.17) is 4.74 Å². The second-order valence-corrected chi connectivity index (χ2v) is 4.85. The summed E-state index contributed by atoms with van der Waals surface area (Å²) < 4.78 is 5.23. The molecule has 0 aliphatic carbocycles. The average Bonchev–Trinajstić information content (AvgIpc) is 2.36. The minimum atomic E-state index is -0.300. The predicted molar refractivity (Wildman–Crippen MR) is 69.6 cm³/mol. The Hall–Kier alpha value is -1.22. The van der Waals surface area contributed by atoms with Crippen LogP contribution in [-0.4, -0.2) is 24.4 Å². The molecule has 0 bridgehead atoms. The van der Waals surface area contributed by atoms with Gasteiger partial charge in [-0.2, -0.15) is 0 Å². The number of hydrogen-bond acceptors (Lipinski definition) is 3. The zero-order chi connectivity index (χ0) is 12.4. The first kappa shape index (κ1) is 12.2. The van der Waals surface area contributed by atoms with E-state index in [9.17, 15) is 5.11 Å². The molecular formula is C14H21NO2. The van der Waals surface area contributed by atoms with Gasteiger partial charge in [-0.05, 0) is 17.5 Å². The molecule has 3 nitrogen and oxygen atoms in total. The zero-order valence-electron chi connectivity index (χ0n) is 10.7. The summed E-state index contributed by atoms with van der Waals surface area (Å²) in [6, 6.07) is 6.12. The van der Waals surface area contributed by atoms with Gasteiger partial charge in [0.2, 0.25) is 0 Å². The van der Waals surface area contributed by atoms with Gasteiger partial charge in [-0.15, -0.1) is 0 Å². The number of nitrogens with one attached hydrogen (secondary N) is 1. The lowest BCUT2D eigenvalue weighted by atomic mass is 9.87. The fourth-order valence-electron chi connectivity index (χ4n) is 2.40. The first-order valence-electron chi connectivity index (χ1n) is 6.27. The lowest BCUT2D eigenvalue weighted by Crippen LogP contribution is -2.43. The van der Waals surface area contributed by atoms with Gasteiger partial charge in [-0.3, -0.25) is 0 Å². The maximum absolute atomic E-state index is 10.1. The van der Waals surface area contributed by atoms with E-state index in [0.717, 1.165) is 29.8 Å². The largest absolute Gasteiger partial charge is 0.497 e. The molecular weight excluding hydrogens is 214 g/mol. The number of ether oxygens (including phenoxy) is 1. The van der Waals surface area contributed by atoms with Gasteiger partial charge < -0.3 is 15.2 Å². The Bertz CT molecular complexity index is 392. The van der Waals surface area contributed by atoms with Crippen LogP contribution in [0.5, 0.6) is 5.75 Å². The van der Waals surface area contributed by atoms with Gasteiger partial charge in [0.25, 0.3) is 0 Å². The van der Waals surface area contributed by atoms with Crippen molar-refractivity contribution in [2.24, 2.45) is 5.92 Å². The molecule has 94 valence electrons. The number of anilines is 1. The maximum atomic E-state index is 10.1. The van der Waals surface area contributed by atoms with E-state index in [1.165, 1.54) is 0 Å². The molecule has 3 heteroatoms. The van der Waals surface area contributed by atoms with Crippen LogP contribution >= 0.6 is 0 Å². The summed E-state index contributed by atoms with van der Waals surface area (Å²) in [5.41, 5.74) is 2.26. The van der Waals surface area contributed by atoms with Gasteiger partial charge in [0.05, 0.1) is 19.3 Å². The van der Waals surface area contributed by atoms with Crippen molar-refractivity contribution in [3.05, 3.63) is 23.8 Å². The number of aliphatic hydroxyl groups is 1.